The van der Waals surface area contributed by atoms with Gasteiger partial charge in [0.05, 0.1) is 22.3 Å². The molecule has 0 radical (unpaired) electrons. The van der Waals surface area contributed by atoms with E-state index in [4.69, 9.17) is 0 Å². The largest absolute Gasteiger partial charge is 0.346 e. The number of anilines is 1. The SMILES string of the molecule is CC(=O)c1cccc(CN2N=CC3c4sc(C)nc4N(C)C3C2=O)c1. The van der Waals surface area contributed by atoms with Gasteiger partial charge in [0.1, 0.15) is 11.9 Å². The molecule has 0 aliphatic carbocycles. The number of carbonyl (C=O) groups excluding carboxylic acids is 2. The highest BCUT2D eigenvalue weighted by Crippen LogP contribution is 2.44. The van der Waals surface area contributed by atoms with Crippen molar-refractivity contribution in [1.29, 1.82) is 0 Å². The first-order chi connectivity index (χ1) is 12.0. The zero-order chi connectivity index (χ0) is 17.7. The van der Waals surface area contributed by atoms with E-state index in [0.29, 0.717) is 12.1 Å². The maximum absolute atomic E-state index is 13.0. The van der Waals surface area contributed by atoms with Crippen LogP contribution in [0.2, 0.25) is 0 Å². The van der Waals surface area contributed by atoms with Gasteiger partial charge in [-0.2, -0.15) is 5.10 Å². The maximum Gasteiger partial charge on any atom is 0.266 e. The lowest BCUT2D eigenvalue weighted by molar-refractivity contribution is -0.133. The van der Waals surface area contributed by atoms with E-state index in [2.05, 4.69) is 10.1 Å². The number of fused-ring (bicyclic) bond motifs is 3. The Balaban J connectivity index is 1.60. The highest BCUT2D eigenvalue weighted by atomic mass is 32.1. The van der Waals surface area contributed by atoms with Gasteiger partial charge < -0.3 is 4.90 Å². The van der Waals surface area contributed by atoms with Crippen molar-refractivity contribution in [2.45, 2.75) is 32.4 Å². The molecule has 0 N–H and O–H groups in total. The minimum Gasteiger partial charge on any atom is -0.346 e. The summed E-state index contributed by atoms with van der Waals surface area (Å²) in [6.07, 6.45) is 1.85. The lowest BCUT2D eigenvalue weighted by atomic mass is 10.00. The Morgan fingerprint density at radius 3 is 2.92 bits per heavy atom. The number of hydrogen-bond acceptors (Lipinski definition) is 6. The Kier molecular flexibility index (Phi) is 3.68. The van der Waals surface area contributed by atoms with Gasteiger partial charge in [0.15, 0.2) is 5.78 Å². The summed E-state index contributed by atoms with van der Waals surface area (Å²) in [7, 11) is 1.91. The van der Waals surface area contributed by atoms with Gasteiger partial charge in [-0.25, -0.2) is 9.99 Å². The van der Waals surface area contributed by atoms with E-state index in [0.717, 1.165) is 21.3 Å². The molecular weight excluding hydrogens is 336 g/mol. The molecule has 1 aromatic heterocycles. The average Bonchev–Trinajstić information content (AvgIpc) is 3.08. The number of thiazole rings is 1. The average molecular weight is 354 g/mol. The predicted molar refractivity (Wildman–Crippen MR) is 97.3 cm³/mol. The monoisotopic (exact) mass is 354 g/mol. The first-order valence-electron chi connectivity index (χ1n) is 8.11. The van der Waals surface area contributed by atoms with Crippen LogP contribution in [0.25, 0.3) is 0 Å². The number of hydrazone groups is 1. The number of Topliss-reactive ketones (excluding diaryl/α,β-unsaturated/α-hetero) is 1. The molecule has 2 unspecified atom stereocenters. The molecule has 2 atom stereocenters. The molecule has 128 valence electrons. The van der Waals surface area contributed by atoms with Crippen molar-refractivity contribution in [3.8, 4) is 0 Å². The number of likely N-dealkylation sites (N-methyl/N-ethyl adjacent to an activating group) is 1. The summed E-state index contributed by atoms with van der Waals surface area (Å²) in [6, 6.07) is 7.04. The van der Waals surface area contributed by atoms with Gasteiger partial charge in [-0.05, 0) is 25.5 Å². The number of carbonyl (C=O) groups is 2. The molecule has 6 nitrogen and oxygen atoms in total. The van der Waals surface area contributed by atoms with Gasteiger partial charge in [-0.15, -0.1) is 11.3 Å². The summed E-state index contributed by atoms with van der Waals surface area (Å²) in [6.45, 7) is 3.87. The number of aromatic nitrogens is 1. The Morgan fingerprint density at radius 2 is 2.16 bits per heavy atom. The first-order valence-corrected chi connectivity index (χ1v) is 8.93. The molecule has 1 amide bonds. The summed E-state index contributed by atoms with van der Waals surface area (Å²) < 4.78 is 0. The van der Waals surface area contributed by atoms with Gasteiger partial charge in [-0.3, -0.25) is 9.59 Å². The zero-order valence-corrected chi connectivity index (χ0v) is 15.1. The number of aryl methyl sites for hydroxylation is 1. The van der Waals surface area contributed by atoms with Crippen LogP contribution >= 0.6 is 11.3 Å². The van der Waals surface area contributed by atoms with Gasteiger partial charge >= 0.3 is 0 Å². The van der Waals surface area contributed by atoms with Crippen LogP contribution < -0.4 is 4.90 Å². The van der Waals surface area contributed by atoms with E-state index in [1.807, 2.05) is 43.3 Å². The van der Waals surface area contributed by atoms with Crippen LogP contribution in [0.4, 0.5) is 5.82 Å². The summed E-state index contributed by atoms with van der Waals surface area (Å²) in [5.41, 5.74) is 1.53. The van der Waals surface area contributed by atoms with Crippen molar-refractivity contribution in [3.05, 3.63) is 45.3 Å². The topological polar surface area (TPSA) is 65.9 Å². The number of ketones is 1. The van der Waals surface area contributed by atoms with Gasteiger partial charge in [0.25, 0.3) is 5.91 Å². The van der Waals surface area contributed by atoms with E-state index in [9.17, 15) is 9.59 Å². The lowest BCUT2D eigenvalue weighted by Crippen LogP contribution is -2.48. The summed E-state index contributed by atoms with van der Waals surface area (Å²) in [4.78, 5) is 32.1. The zero-order valence-electron chi connectivity index (χ0n) is 14.3. The Labute approximate surface area is 149 Å². The standard InChI is InChI=1S/C18H18N4O2S/c1-10(23)13-6-4-5-12(7-13)9-22-18(24)15-14(8-19-22)16-17(21(15)3)20-11(2)25-16/h4-8,14-15H,9H2,1-3H3. The van der Waals surface area contributed by atoms with E-state index in [-0.39, 0.29) is 23.7 Å². The Morgan fingerprint density at radius 1 is 1.36 bits per heavy atom. The third-order valence-electron chi connectivity index (χ3n) is 4.68. The summed E-state index contributed by atoms with van der Waals surface area (Å²) in [5, 5.41) is 6.88. The minimum absolute atomic E-state index is 0.0109. The molecule has 25 heavy (non-hydrogen) atoms. The van der Waals surface area contributed by atoms with Crippen molar-refractivity contribution in [2.75, 3.05) is 11.9 Å². The van der Waals surface area contributed by atoms with Crippen molar-refractivity contribution < 1.29 is 9.59 Å². The predicted octanol–water partition coefficient (Wildman–Crippen LogP) is 2.58. The fourth-order valence-electron chi connectivity index (χ4n) is 3.43. The number of rotatable bonds is 3. The molecule has 2 aromatic rings. The second-order valence-electron chi connectivity index (χ2n) is 6.42. The van der Waals surface area contributed by atoms with Gasteiger partial charge in [-0.1, -0.05) is 18.2 Å². The third-order valence-corrected chi connectivity index (χ3v) is 5.74. The molecule has 0 fully saturated rings. The van der Waals surface area contributed by atoms with Crippen LogP contribution in [0.5, 0.6) is 0 Å². The van der Waals surface area contributed by atoms with E-state index < -0.39 is 0 Å². The molecule has 4 rings (SSSR count). The number of benzene rings is 1. The fourth-order valence-corrected chi connectivity index (χ4v) is 4.49. The van der Waals surface area contributed by atoms with Crippen LogP contribution in [-0.2, 0) is 11.3 Å². The van der Waals surface area contributed by atoms with Crippen LogP contribution in [-0.4, -0.2) is 41.0 Å². The molecule has 0 saturated carbocycles. The molecule has 0 saturated heterocycles. The number of nitrogens with zero attached hydrogens (tertiary/aromatic N) is 4. The summed E-state index contributed by atoms with van der Waals surface area (Å²) >= 11 is 1.63. The smallest absolute Gasteiger partial charge is 0.266 e. The molecule has 3 heterocycles. The Bertz CT molecular complexity index is 904. The second-order valence-corrected chi connectivity index (χ2v) is 7.65. The summed E-state index contributed by atoms with van der Waals surface area (Å²) in [5.74, 6) is 0.833. The third kappa shape index (κ3) is 2.55. The van der Waals surface area contributed by atoms with Crippen molar-refractivity contribution in [1.82, 2.24) is 9.99 Å². The normalized spacial score (nSPS) is 21.5. The molecular formula is C18H18N4O2S. The van der Waals surface area contributed by atoms with Gasteiger partial charge in [0.2, 0.25) is 0 Å². The lowest BCUT2D eigenvalue weighted by Gasteiger charge is -2.31. The molecule has 7 heteroatoms. The van der Waals surface area contributed by atoms with Crippen LogP contribution in [0.1, 0.15) is 38.6 Å². The quantitative estimate of drug-likeness (QED) is 0.795. The second kappa shape index (κ2) is 5.77. The minimum atomic E-state index is -0.289. The van der Waals surface area contributed by atoms with Crippen LogP contribution in [0.15, 0.2) is 29.4 Å². The van der Waals surface area contributed by atoms with E-state index in [1.165, 1.54) is 11.9 Å². The molecule has 1 aromatic carbocycles. The molecule has 0 spiro atoms. The van der Waals surface area contributed by atoms with Crippen molar-refractivity contribution >= 4 is 35.1 Å². The molecule has 2 aliphatic heterocycles. The highest BCUT2D eigenvalue weighted by molar-refractivity contribution is 7.12. The van der Waals surface area contributed by atoms with Crippen molar-refractivity contribution in [3.63, 3.8) is 0 Å². The molecule has 0 bridgehead atoms. The van der Waals surface area contributed by atoms with Crippen LogP contribution in [0, 0.1) is 6.92 Å². The maximum atomic E-state index is 13.0. The number of hydrogen-bond donors (Lipinski definition) is 0. The number of amides is 1. The Hall–Kier alpha value is -2.54. The van der Waals surface area contributed by atoms with Gasteiger partial charge in [0, 0.05) is 18.8 Å². The van der Waals surface area contributed by atoms with E-state index >= 15 is 0 Å². The highest BCUT2D eigenvalue weighted by Gasteiger charge is 2.46. The van der Waals surface area contributed by atoms with Crippen molar-refractivity contribution in [2.24, 2.45) is 5.10 Å². The fraction of sp³-hybridized carbons (Fsp3) is 0.333. The van der Waals surface area contributed by atoms with Crippen LogP contribution in [0.3, 0.4) is 0 Å². The molecule has 2 aliphatic rings. The first kappa shape index (κ1) is 16.0. The van der Waals surface area contributed by atoms with E-state index in [1.54, 1.807) is 17.4 Å².